The average Bonchev–Trinajstić information content (AvgIpc) is 2.39. The molecule has 0 bridgehead atoms. The Morgan fingerprint density at radius 3 is 2.32 bits per heavy atom. The van der Waals surface area contributed by atoms with Gasteiger partial charge in [0.1, 0.15) is 0 Å². The predicted octanol–water partition coefficient (Wildman–Crippen LogP) is 3.04. The van der Waals surface area contributed by atoms with E-state index in [1.54, 1.807) is 0 Å². The van der Waals surface area contributed by atoms with Crippen LogP contribution in [0.25, 0.3) is 0 Å². The Kier molecular flexibility index (Phi) is 5.12. The van der Waals surface area contributed by atoms with Crippen molar-refractivity contribution in [1.82, 2.24) is 10.2 Å². The monoisotopic (exact) mass is 278 g/mol. The van der Waals surface area contributed by atoms with Crippen molar-refractivity contribution in [1.29, 1.82) is 0 Å². The summed E-state index contributed by atoms with van der Waals surface area (Å²) in [6, 6.07) is 0.348. The molecule has 5 heteroatoms. The molecule has 2 fully saturated rings. The van der Waals surface area contributed by atoms with E-state index >= 15 is 0 Å². The third-order valence-corrected chi connectivity index (χ3v) is 4.73. The summed E-state index contributed by atoms with van der Waals surface area (Å²) in [7, 11) is 2.08. The number of hydrogen-bond donors (Lipinski definition) is 1. The van der Waals surface area contributed by atoms with Gasteiger partial charge >= 0.3 is 6.18 Å². The van der Waals surface area contributed by atoms with Crippen molar-refractivity contribution in [2.24, 2.45) is 11.8 Å². The van der Waals surface area contributed by atoms with Gasteiger partial charge in [-0.2, -0.15) is 13.2 Å². The molecule has 0 radical (unpaired) electrons. The fraction of sp³-hybridized carbons (Fsp3) is 1.00. The van der Waals surface area contributed by atoms with Crippen LogP contribution in [0.5, 0.6) is 0 Å². The Morgan fingerprint density at radius 2 is 1.79 bits per heavy atom. The molecular formula is C14H25F3N2. The smallest absolute Gasteiger partial charge is 0.316 e. The molecular weight excluding hydrogens is 253 g/mol. The van der Waals surface area contributed by atoms with Crippen molar-refractivity contribution in [2.45, 2.75) is 50.7 Å². The van der Waals surface area contributed by atoms with E-state index in [0.717, 1.165) is 19.6 Å². The van der Waals surface area contributed by atoms with Crippen molar-refractivity contribution in [2.75, 3.05) is 26.7 Å². The van der Waals surface area contributed by atoms with E-state index in [1.807, 2.05) is 0 Å². The molecule has 2 aliphatic rings. The molecule has 0 aromatic carbocycles. The van der Waals surface area contributed by atoms with Crippen molar-refractivity contribution in [3.05, 3.63) is 0 Å². The molecule has 1 saturated heterocycles. The molecule has 19 heavy (non-hydrogen) atoms. The summed E-state index contributed by atoms with van der Waals surface area (Å²) in [5.74, 6) is -0.396. The number of alkyl halides is 3. The van der Waals surface area contributed by atoms with Crippen LogP contribution in [0.3, 0.4) is 0 Å². The summed E-state index contributed by atoms with van der Waals surface area (Å²) in [5.41, 5.74) is 0. The van der Waals surface area contributed by atoms with E-state index < -0.39 is 12.1 Å². The highest BCUT2D eigenvalue weighted by atomic mass is 19.4. The predicted molar refractivity (Wildman–Crippen MR) is 70.0 cm³/mol. The highest BCUT2D eigenvalue weighted by Gasteiger charge is 2.41. The summed E-state index contributed by atoms with van der Waals surface area (Å²) in [6.07, 6.45) is 0.482. The molecule has 0 aromatic rings. The second kappa shape index (κ2) is 6.44. The molecule has 0 amide bonds. The molecule has 1 heterocycles. The lowest BCUT2D eigenvalue weighted by Gasteiger charge is -2.37. The van der Waals surface area contributed by atoms with Crippen molar-refractivity contribution >= 4 is 0 Å². The van der Waals surface area contributed by atoms with Gasteiger partial charge in [0.05, 0.1) is 5.92 Å². The highest BCUT2D eigenvalue weighted by Crippen LogP contribution is 2.38. The molecule has 0 spiro atoms. The van der Waals surface area contributed by atoms with Gasteiger partial charge in [0, 0.05) is 12.6 Å². The third-order valence-electron chi connectivity index (χ3n) is 4.73. The molecule has 2 nitrogen and oxygen atoms in total. The largest absolute Gasteiger partial charge is 0.391 e. The van der Waals surface area contributed by atoms with Gasteiger partial charge < -0.3 is 10.2 Å². The molecule has 1 N–H and O–H groups in total. The Bertz CT molecular complexity index is 266. The first-order chi connectivity index (χ1) is 8.97. The molecule has 1 atom stereocenters. The highest BCUT2D eigenvalue weighted by molar-refractivity contribution is 4.83. The van der Waals surface area contributed by atoms with Crippen LogP contribution in [0.1, 0.15) is 38.5 Å². The van der Waals surface area contributed by atoms with Gasteiger partial charge in [0.25, 0.3) is 0 Å². The van der Waals surface area contributed by atoms with Gasteiger partial charge in [0.15, 0.2) is 0 Å². The number of halogens is 3. The first-order valence-electron chi connectivity index (χ1n) is 7.44. The van der Waals surface area contributed by atoms with Gasteiger partial charge in [-0.05, 0) is 64.6 Å². The molecule has 0 aromatic heterocycles. The van der Waals surface area contributed by atoms with Crippen LogP contribution in [0.2, 0.25) is 0 Å². The van der Waals surface area contributed by atoms with Crippen molar-refractivity contribution < 1.29 is 13.2 Å². The third kappa shape index (κ3) is 4.35. The number of piperidine rings is 1. The summed E-state index contributed by atoms with van der Waals surface area (Å²) < 4.78 is 37.9. The lowest BCUT2D eigenvalue weighted by molar-refractivity contribution is -0.184. The van der Waals surface area contributed by atoms with Gasteiger partial charge in [-0.3, -0.25) is 0 Å². The zero-order valence-electron chi connectivity index (χ0n) is 11.7. The van der Waals surface area contributed by atoms with E-state index in [-0.39, 0.29) is 0 Å². The van der Waals surface area contributed by atoms with Crippen LogP contribution in [-0.4, -0.2) is 43.8 Å². The fourth-order valence-corrected chi connectivity index (χ4v) is 3.48. The number of hydrogen-bond acceptors (Lipinski definition) is 2. The minimum absolute atomic E-state index is 0.307. The lowest BCUT2D eigenvalue weighted by Crippen LogP contribution is -2.43. The number of rotatable bonds is 3. The van der Waals surface area contributed by atoms with Gasteiger partial charge in [-0.1, -0.05) is 0 Å². The molecule has 2 rings (SSSR count). The summed E-state index contributed by atoms with van der Waals surface area (Å²) in [5, 5.41) is 3.39. The Labute approximate surface area is 113 Å². The van der Waals surface area contributed by atoms with Crippen LogP contribution in [0.4, 0.5) is 13.2 Å². The minimum atomic E-state index is -3.99. The van der Waals surface area contributed by atoms with Crippen molar-refractivity contribution in [3.8, 4) is 0 Å². The zero-order chi connectivity index (χ0) is 13.9. The summed E-state index contributed by atoms with van der Waals surface area (Å²) >= 11 is 0. The first-order valence-corrected chi connectivity index (χ1v) is 7.44. The Balaban J connectivity index is 1.74. The van der Waals surface area contributed by atoms with Crippen LogP contribution >= 0.6 is 0 Å². The minimum Gasteiger partial charge on any atom is -0.316 e. The first kappa shape index (κ1) is 15.1. The van der Waals surface area contributed by atoms with Gasteiger partial charge in [-0.15, -0.1) is 0 Å². The molecule has 1 aliphatic heterocycles. The van der Waals surface area contributed by atoms with Crippen LogP contribution in [-0.2, 0) is 0 Å². The number of nitrogens with zero attached hydrogens (tertiary/aromatic N) is 1. The van der Waals surface area contributed by atoms with Crippen LogP contribution < -0.4 is 5.32 Å². The topological polar surface area (TPSA) is 15.3 Å². The molecule has 1 saturated carbocycles. The maximum Gasteiger partial charge on any atom is 0.391 e. The van der Waals surface area contributed by atoms with Gasteiger partial charge in [-0.25, -0.2) is 0 Å². The second-order valence-electron chi connectivity index (χ2n) is 6.20. The summed E-state index contributed by atoms with van der Waals surface area (Å²) in [4.78, 5) is 2.30. The van der Waals surface area contributed by atoms with Gasteiger partial charge in [0.2, 0.25) is 0 Å². The average molecular weight is 278 g/mol. The summed E-state index contributed by atoms with van der Waals surface area (Å²) in [6.45, 7) is 3.19. The van der Waals surface area contributed by atoms with Crippen molar-refractivity contribution in [3.63, 3.8) is 0 Å². The maximum atomic E-state index is 12.6. The molecule has 1 aliphatic carbocycles. The van der Waals surface area contributed by atoms with E-state index in [4.69, 9.17) is 0 Å². The van der Waals surface area contributed by atoms with Crippen LogP contribution in [0.15, 0.2) is 0 Å². The van der Waals surface area contributed by atoms with E-state index in [0.29, 0.717) is 37.6 Å². The Morgan fingerprint density at radius 1 is 1.11 bits per heavy atom. The van der Waals surface area contributed by atoms with E-state index in [1.165, 1.54) is 12.8 Å². The zero-order valence-corrected chi connectivity index (χ0v) is 11.7. The SMILES string of the molecule is CN(CC1CCCNC1)C1CCC(C(F)(F)F)CC1. The molecule has 112 valence electrons. The molecule has 1 unspecified atom stereocenters. The lowest BCUT2D eigenvalue weighted by atomic mass is 9.84. The van der Waals surface area contributed by atoms with E-state index in [2.05, 4.69) is 17.3 Å². The quantitative estimate of drug-likeness (QED) is 0.853. The number of nitrogens with one attached hydrogen (secondary N) is 1. The Hall–Kier alpha value is -0.290. The second-order valence-corrected chi connectivity index (χ2v) is 6.20. The maximum absolute atomic E-state index is 12.6. The van der Waals surface area contributed by atoms with Crippen LogP contribution in [0, 0.1) is 11.8 Å². The normalized spacial score (nSPS) is 33.6. The standard InChI is InChI=1S/C14H25F3N2/c1-19(10-11-3-2-8-18-9-11)13-6-4-12(5-7-13)14(15,16)17/h11-13,18H,2-10H2,1H3. The van der Waals surface area contributed by atoms with E-state index in [9.17, 15) is 13.2 Å². The fourth-order valence-electron chi connectivity index (χ4n) is 3.48.